The molecule has 0 fully saturated rings. The first-order valence-electron chi connectivity index (χ1n) is 6.65. The molecule has 0 aliphatic rings. The van der Waals surface area contributed by atoms with Gasteiger partial charge in [-0.25, -0.2) is 4.98 Å². The molecular formula is C14H17N5O2. The number of amides is 2. The van der Waals surface area contributed by atoms with Crippen LogP contribution in [0.3, 0.4) is 0 Å². The number of hydrogen-bond acceptors (Lipinski definition) is 4. The molecule has 2 aromatic rings. The zero-order chi connectivity index (χ0) is 15.4. The van der Waals surface area contributed by atoms with Crippen LogP contribution in [0, 0.1) is 6.92 Å². The van der Waals surface area contributed by atoms with Gasteiger partial charge < -0.3 is 11.1 Å². The number of H-pyrrole nitrogens is 1. The lowest BCUT2D eigenvalue weighted by Crippen LogP contribution is -2.17. The van der Waals surface area contributed by atoms with Crippen LogP contribution in [0.5, 0.6) is 0 Å². The first-order valence-corrected chi connectivity index (χ1v) is 6.65. The molecule has 0 aliphatic heterocycles. The number of nitrogens with zero attached hydrogens (tertiary/aromatic N) is 2. The largest absolute Gasteiger partial charge is 0.366 e. The van der Waals surface area contributed by atoms with Crippen LogP contribution in [0.1, 0.15) is 45.7 Å². The van der Waals surface area contributed by atoms with Crippen LogP contribution in [-0.2, 0) is 6.42 Å². The number of carbonyl (C=O) groups excluding carboxylic acids is 2. The van der Waals surface area contributed by atoms with E-state index in [1.807, 2.05) is 6.92 Å². The van der Waals surface area contributed by atoms with Crippen LogP contribution in [-0.4, -0.2) is 27.0 Å². The highest BCUT2D eigenvalue weighted by molar-refractivity contribution is 6.03. The van der Waals surface area contributed by atoms with Crippen molar-refractivity contribution >= 4 is 17.5 Å². The minimum absolute atomic E-state index is 0.0716. The lowest BCUT2D eigenvalue weighted by molar-refractivity contribution is 0.0994. The van der Waals surface area contributed by atoms with Crippen LogP contribution < -0.4 is 11.1 Å². The van der Waals surface area contributed by atoms with Crippen molar-refractivity contribution in [3.63, 3.8) is 0 Å². The summed E-state index contributed by atoms with van der Waals surface area (Å²) in [6.07, 6.45) is 1.65. The van der Waals surface area contributed by atoms with E-state index in [1.54, 1.807) is 25.1 Å². The van der Waals surface area contributed by atoms with E-state index in [9.17, 15) is 9.59 Å². The Bertz CT molecular complexity index is 678. The molecule has 0 spiro atoms. The van der Waals surface area contributed by atoms with Gasteiger partial charge >= 0.3 is 0 Å². The number of benzene rings is 1. The molecule has 1 heterocycles. The molecule has 110 valence electrons. The molecule has 7 heteroatoms. The number of aromatic amines is 1. The number of nitrogens with one attached hydrogen (secondary N) is 2. The van der Waals surface area contributed by atoms with Crippen molar-refractivity contribution in [3.8, 4) is 0 Å². The molecule has 4 N–H and O–H groups in total. The smallest absolute Gasteiger partial charge is 0.295 e. The van der Waals surface area contributed by atoms with Gasteiger partial charge in [-0.1, -0.05) is 13.0 Å². The number of hydrogen-bond donors (Lipinski definition) is 3. The molecule has 21 heavy (non-hydrogen) atoms. The number of aromatic nitrogens is 3. The average Bonchev–Trinajstić information content (AvgIpc) is 2.90. The monoisotopic (exact) mass is 287 g/mol. The summed E-state index contributed by atoms with van der Waals surface area (Å²) in [6.45, 7) is 3.73. The average molecular weight is 287 g/mol. The highest BCUT2D eigenvalue weighted by Crippen LogP contribution is 2.19. The predicted molar refractivity (Wildman–Crippen MR) is 78.0 cm³/mol. The Balaban J connectivity index is 2.19. The molecule has 1 aromatic carbocycles. The van der Waals surface area contributed by atoms with Crippen LogP contribution in [0.4, 0.5) is 5.69 Å². The van der Waals surface area contributed by atoms with E-state index in [2.05, 4.69) is 20.5 Å². The van der Waals surface area contributed by atoms with Gasteiger partial charge in [0.25, 0.3) is 5.91 Å². The van der Waals surface area contributed by atoms with E-state index in [4.69, 9.17) is 5.73 Å². The molecule has 0 unspecified atom stereocenters. The molecule has 2 rings (SSSR count). The van der Waals surface area contributed by atoms with Crippen LogP contribution in [0.15, 0.2) is 18.2 Å². The Hall–Kier alpha value is -2.70. The Kier molecular flexibility index (Phi) is 4.32. The zero-order valence-electron chi connectivity index (χ0n) is 11.9. The van der Waals surface area contributed by atoms with Gasteiger partial charge in [0, 0.05) is 17.7 Å². The molecule has 0 aliphatic carbocycles. The maximum atomic E-state index is 12.1. The standard InChI is InChI=1S/C14H17N5O2/c1-3-5-11-17-13(19-18-11)14(21)16-10-7-4-6-9(8(10)2)12(15)20/h4,6-7H,3,5H2,1-2H3,(H2,15,20)(H,16,21)(H,17,18,19). The second-order valence-corrected chi connectivity index (χ2v) is 4.65. The van der Waals surface area contributed by atoms with E-state index < -0.39 is 11.8 Å². The van der Waals surface area contributed by atoms with E-state index in [0.717, 1.165) is 12.8 Å². The Morgan fingerprint density at radius 2 is 2.14 bits per heavy atom. The van der Waals surface area contributed by atoms with Gasteiger partial charge in [-0.3, -0.25) is 14.7 Å². The Morgan fingerprint density at radius 1 is 1.38 bits per heavy atom. The molecule has 0 bridgehead atoms. The van der Waals surface area contributed by atoms with Gasteiger partial charge in [0.1, 0.15) is 5.82 Å². The highest BCUT2D eigenvalue weighted by atomic mass is 16.2. The maximum Gasteiger partial charge on any atom is 0.295 e. The van der Waals surface area contributed by atoms with Crippen LogP contribution in [0.25, 0.3) is 0 Å². The summed E-state index contributed by atoms with van der Waals surface area (Å²) in [5.41, 5.74) is 6.78. The summed E-state index contributed by atoms with van der Waals surface area (Å²) < 4.78 is 0. The molecule has 0 radical (unpaired) electrons. The second-order valence-electron chi connectivity index (χ2n) is 4.65. The van der Waals surface area contributed by atoms with Crippen molar-refractivity contribution in [1.29, 1.82) is 0 Å². The van der Waals surface area contributed by atoms with E-state index in [1.165, 1.54) is 0 Å². The second kappa shape index (κ2) is 6.17. The molecule has 2 amide bonds. The summed E-state index contributed by atoms with van der Waals surface area (Å²) in [5, 5.41) is 9.29. The Labute approximate surface area is 122 Å². The van der Waals surface area contributed by atoms with E-state index in [-0.39, 0.29) is 5.82 Å². The van der Waals surface area contributed by atoms with Crippen LogP contribution >= 0.6 is 0 Å². The van der Waals surface area contributed by atoms with Crippen molar-refractivity contribution in [3.05, 3.63) is 41.0 Å². The molecular weight excluding hydrogens is 270 g/mol. The van der Waals surface area contributed by atoms with Crippen molar-refractivity contribution in [2.45, 2.75) is 26.7 Å². The van der Waals surface area contributed by atoms with Gasteiger partial charge in [0.05, 0.1) is 0 Å². The number of carbonyl (C=O) groups is 2. The van der Waals surface area contributed by atoms with Crippen molar-refractivity contribution < 1.29 is 9.59 Å². The molecule has 0 atom stereocenters. The normalized spacial score (nSPS) is 10.4. The van der Waals surface area contributed by atoms with Gasteiger partial charge in [-0.2, -0.15) is 0 Å². The zero-order valence-corrected chi connectivity index (χ0v) is 11.9. The molecule has 1 aromatic heterocycles. The Morgan fingerprint density at radius 3 is 2.81 bits per heavy atom. The summed E-state index contributed by atoms with van der Waals surface area (Å²) in [4.78, 5) is 27.5. The molecule has 0 saturated carbocycles. The lowest BCUT2D eigenvalue weighted by Gasteiger charge is -2.09. The maximum absolute atomic E-state index is 12.1. The predicted octanol–water partition coefficient (Wildman–Crippen LogP) is 1.42. The number of aryl methyl sites for hydroxylation is 1. The van der Waals surface area contributed by atoms with Gasteiger partial charge in [-0.15, -0.1) is 5.10 Å². The molecule has 0 saturated heterocycles. The lowest BCUT2D eigenvalue weighted by atomic mass is 10.1. The number of anilines is 1. The van der Waals surface area contributed by atoms with Crippen LogP contribution in [0.2, 0.25) is 0 Å². The fourth-order valence-electron chi connectivity index (χ4n) is 1.96. The fraction of sp³-hybridized carbons (Fsp3) is 0.286. The third-order valence-corrected chi connectivity index (χ3v) is 3.07. The van der Waals surface area contributed by atoms with Crippen molar-refractivity contribution in [2.75, 3.05) is 5.32 Å². The fourth-order valence-corrected chi connectivity index (χ4v) is 1.96. The third kappa shape index (κ3) is 3.25. The van der Waals surface area contributed by atoms with Gasteiger partial charge in [0.2, 0.25) is 11.7 Å². The summed E-state index contributed by atoms with van der Waals surface area (Å²) in [6, 6.07) is 4.96. The third-order valence-electron chi connectivity index (χ3n) is 3.07. The first kappa shape index (κ1) is 14.7. The quantitative estimate of drug-likeness (QED) is 0.771. The minimum atomic E-state index is -0.535. The van der Waals surface area contributed by atoms with E-state index >= 15 is 0 Å². The molecule has 7 nitrogen and oxygen atoms in total. The highest BCUT2D eigenvalue weighted by Gasteiger charge is 2.15. The SMILES string of the molecule is CCCc1nc(C(=O)Nc2cccc(C(N)=O)c2C)n[nH]1. The van der Waals surface area contributed by atoms with Crippen molar-refractivity contribution in [1.82, 2.24) is 15.2 Å². The summed E-state index contributed by atoms with van der Waals surface area (Å²) >= 11 is 0. The summed E-state index contributed by atoms with van der Waals surface area (Å²) in [5.74, 6) is -0.224. The first-order chi connectivity index (χ1) is 10.0. The summed E-state index contributed by atoms with van der Waals surface area (Å²) in [7, 11) is 0. The number of rotatable bonds is 5. The van der Waals surface area contributed by atoms with Gasteiger partial charge in [-0.05, 0) is 31.0 Å². The van der Waals surface area contributed by atoms with Crippen molar-refractivity contribution in [2.24, 2.45) is 5.73 Å². The number of primary amides is 1. The van der Waals surface area contributed by atoms with Gasteiger partial charge in [0.15, 0.2) is 0 Å². The number of nitrogens with two attached hydrogens (primary N) is 1. The topological polar surface area (TPSA) is 114 Å². The van der Waals surface area contributed by atoms with E-state index in [0.29, 0.717) is 22.6 Å². The minimum Gasteiger partial charge on any atom is -0.366 e.